The van der Waals surface area contributed by atoms with Crippen LogP contribution in [0.5, 0.6) is 0 Å². The molecule has 0 saturated carbocycles. The average molecular weight is 881 g/mol. The van der Waals surface area contributed by atoms with Gasteiger partial charge in [0.15, 0.2) is 6.10 Å². The van der Waals surface area contributed by atoms with Gasteiger partial charge in [-0.1, -0.05) is 192 Å². The maximum Gasteiger partial charge on any atom is 0.306 e. The van der Waals surface area contributed by atoms with Crippen LogP contribution in [0.3, 0.4) is 0 Å². The first-order valence-corrected chi connectivity index (χ1v) is 25.4. The first-order chi connectivity index (χ1) is 31.6. The van der Waals surface area contributed by atoms with Crippen molar-refractivity contribution in [1.82, 2.24) is 0 Å². The highest BCUT2D eigenvalue weighted by Gasteiger charge is 2.17. The molecule has 0 rings (SSSR count). The van der Waals surface area contributed by atoms with Crippen molar-refractivity contribution in [3.8, 4) is 0 Å². The highest BCUT2D eigenvalue weighted by Crippen LogP contribution is 2.10. The van der Waals surface area contributed by atoms with E-state index in [0.717, 1.165) is 128 Å². The number of ether oxygens (including phenoxy) is 3. The predicted molar refractivity (Wildman–Crippen MR) is 278 cm³/mol. The van der Waals surface area contributed by atoms with Crippen LogP contribution in [0.25, 0.3) is 0 Å². The smallest absolute Gasteiger partial charge is 0.306 e. The van der Waals surface area contributed by atoms with E-state index in [9.17, 15) is 9.59 Å². The SMILES string of the molecule is CC/C=C\C/C=C\C/C=C\C/C=C\C/C=C\CCCC(=O)OCC(COCCCCCCCC/C=C\C/C=C\C/C=C\CC)OC(=O)CCCC/C=C\C/C=C\C/C=C\C/C=C\CC. The molecule has 0 aromatic carbocycles. The summed E-state index contributed by atoms with van der Waals surface area (Å²) in [5.41, 5.74) is 0. The number of carbonyl (C=O) groups excluding carboxylic acids is 2. The lowest BCUT2D eigenvalue weighted by Gasteiger charge is -2.18. The number of esters is 2. The van der Waals surface area contributed by atoms with Gasteiger partial charge in [0.2, 0.25) is 0 Å². The molecule has 358 valence electrons. The zero-order valence-corrected chi connectivity index (χ0v) is 41.0. The summed E-state index contributed by atoms with van der Waals surface area (Å²) >= 11 is 0. The molecule has 0 N–H and O–H groups in total. The molecule has 5 heteroatoms. The number of unbranched alkanes of at least 4 members (excludes halogenated alkanes) is 9. The Morgan fingerprint density at radius 3 is 1.09 bits per heavy atom. The quantitative estimate of drug-likeness (QED) is 0.0347. The van der Waals surface area contributed by atoms with E-state index < -0.39 is 6.10 Å². The summed E-state index contributed by atoms with van der Waals surface area (Å²) < 4.78 is 17.3. The van der Waals surface area contributed by atoms with Crippen molar-refractivity contribution in [2.45, 2.75) is 194 Å². The van der Waals surface area contributed by atoms with Gasteiger partial charge in [-0.05, 0) is 128 Å². The van der Waals surface area contributed by atoms with Gasteiger partial charge in [0.05, 0.1) is 6.61 Å². The van der Waals surface area contributed by atoms with E-state index >= 15 is 0 Å². The third kappa shape index (κ3) is 50.4. The molecule has 0 aliphatic heterocycles. The fourth-order valence-electron chi connectivity index (χ4n) is 6.20. The van der Waals surface area contributed by atoms with Gasteiger partial charge in [-0.2, -0.15) is 0 Å². The van der Waals surface area contributed by atoms with Crippen LogP contribution >= 0.6 is 0 Å². The summed E-state index contributed by atoms with van der Waals surface area (Å²) in [6.07, 6.45) is 77.2. The molecule has 0 bridgehead atoms. The molecule has 0 heterocycles. The summed E-state index contributed by atoms with van der Waals surface area (Å²) in [6.45, 7) is 7.32. The lowest BCUT2D eigenvalue weighted by atomic mass is 10.1. The molecular weight excluding hydrogens is 789 g/mol. The van der Waals surface area contributed by atoms with E-state index in [1.807, 2.05) is 0 Å². The molecule has 0 aliphatic rings. The standard InChI is InChI=1S/C59H92O5/c1-4-7-10-13-16-19-22-25-28-30-32-34-37-40-43-46-49-52-58(60)63-56-57(55-62-54-51-48-45-42-39-36-33-29-26-23-20-17-14-11-8-5-2)64-59(61)53-50-47-44-41-38-35-31-27-24-21-18-15-12-9-6-3/h7-12,16-21,25-29,31-32,34,38,40-41,43,57H,4-6,13-15,22-24,30,33,35-37,39,42,44-56H2,1-3H3/b10-7-,11-8-,12-9-,19-16-,20-17-,21-18-,28-25-,29-26-,31-27-,34-32-,41-38-,43-40-. The fraction of sp³-hybridized carbons (Fsp3) is 0.559. The minimum absolute atomic E-state index is 0.0230. The zero-order valence-electron chi connectivity index (χ0n) is 41.0. The molecule has 5 nitrogen and oxygen atoms in total. The molecule has 1 unspecified atom stereocenters. The largest absolute Gasteiger partial charge is 0.462 e. The van der Waals surface area contributed by atoms with Gasteiger partial charge in [-0.3, -0.25) is 9.59 Å². The van der Waals surface area contributed by atoms with Crippen molar-refractivity contribution in [2.24, 2.45) is 0 Å². The van der Waals surface area contributed by atoms with Crippen molar-refractivity contribution in [3.63, 3.8) is 0 Å². The van der Waals surface area contributed by atoms with E-state index in [1.54, 1.807) is 0 Å². The van der Waals surface area contributed by atoms with Crippen molar-refractivity contribution in [1.29, 1.82) is 0 Å². The third-order valence-electron chi connectivity index (χ3n) is 9.85. The number of allylic oxidation sites excluding steroid dienone is 24. The van der Waals surface area contributed by atoms with Gasteiger partial charge < -0.3 is 14.2 Å². The Morgan fingerprint density at radius 2 is 0.672 bits per heavy atom. The second-order valence-corrected chi connectivity index (χ2v) is 15.9. The number of hydrogen-bond acceptors (Lipinski definition) is 5. The summed E-state index contributed by atoms with van der Waals surface area (Å²) in [5.74, 6) is -0.534. The predicted octanol–water partition coefficient (Wildman–Crippen LogP) is 17.3. The average Bonchev–Trinajstić information content (AvgIpc) is 3.30. The van der Waals surface area contributed by atoms with Crippen LogP contribution in [0, 0.1) is 0 Å². The van der Waals surface area contributed by atoms with Crippen LogP contribution in [0.1, 0.15) is 188 Å². The molecule has 64 heavy (non-hydrogen) atoms. The van der Waals surface area contributed by atoms with E-state index in [0.29, 0.717) is 19.4 Å². The maximum atomic E-state index is 12.8. The Bertz CT molecular complexity index is 1410. The summed E-state index contributed by atoms with van der Waals surface area (Å²) in [4.78, 5) is 25.4. The van der Waals surface area contributed by atoms with Gasteiger partial charge in [0, 0.05) is 19.4 Å². The van der Waals surface area contributed by atoms with Gasteiger partial charge in [-0.15, -0.1) is 0 Å². The van der Waals surface area contributed by atoms with Crippen molar-refractivity contribution < 1.29 is 23.8 Å². The van der Waals surface area contributed by atoms with E-state index in [1.165, 1.54) is 25.7 Å². The van der Waals surface area contributed by atoms with E-state index in [4.69, 9.17) is 14.2 Å². The molecule has 0 radical (unpaired) electrons. The second kappa shape index (κ2) is 53.1. The summed E-state index contributed by atoms with van der Waals surface area (Å²) in [6, 6.07) is 0. The Morgan fingerprint density at radius 1 is 0.344 bits per heavy atom. The number of rotatable bonds is 44. The first-order valence-electron chi connectivity index (χ1n) is 25.4. The first kappa shape index (κ1) is 59.8. The zero-order chi connectivity index (χ0) is 46.3. The van der Waals surface area contributed by atoms with Crippen LogP contribution in [-0.4, -0.2) is 37.9 Å². The molecule has 0 aliphatic carbocycles. The topological polar surface area (TPSA) is 61.8 Å². The van der Waals surface area contributed by atoms with Crippen LogP contribution in [0.2, 0.25) is 0 Å². The lowest BCUT2D eigenvalue weighted by molar-refractivity contribution is -0.162. The number of carbonyl (C=O) groups is 2. The van der Waals surface area contributed by atoms with Crippen LogP contribution in [0.15, 0.2) is 146 Å². The number of hydrogen-bond donors (Lipinski definition) is 0. The molecular formula is C59H92O5. The second-order valence-electron chi connectivity index (χ2n) is 15.9. The van der Waals surface area contributed by atoms with E-state index in [-0.39, 0.29) is 25.2 Å². The lowest BCUT2D eigenvalue weighted by Crippen LogP contribution is -2.30. The molecule has 0 saturated heterocycles. The minimum Gasteiger partial charge on any atom is -0.462 e. The summed E-state index contributed by atoms with van der Waals surface area (Å²) in [7, 11) is 0. The molecule has 1 atom stereocenters. The van der Waals surface area contributed by atoms with Gasteiger partial charge in [0.25, 0.3) is 0 Å². The summed E-state index contributed by atoms with van der Waals surface area (Å²) in [5, 5.41) is 0. The van der Waals surface area contributed by atoms with Crippen molar-refractivity contribution in [3.05, 3.63) is 146 Å². The fourth-order valence-corrected chi connectivity index (χ4v) is 6.20. The molecule has 0 amide bonds. The Balaban J connectivity index is 4.50. The molecule has 0 spiro atoms. The highest BCUT2D eigenvalue weighted by atomic mass is 16.6. The van der Waals surface area contributed by atoms with E-state index in [2.05, 4.69) is 167 Å². The van der Waals surface area contributed by atoms with Crippen LogP contribution in [0.4, 0.5) is 0 Å². The third-order valence-corrected chi connectivity index (χ3v) is 9.85. The van der Waals surface area contributed by atoms with Crippen molar-refractivity contribution >= 4 is 11.9 Å². The normalized spacial score (nSPS) is 13.5. The minimum atomic E-state index is -0.599. The van der Waals surface area contributed by atoms with Gasteiger partial charge in [-0.25, -0.2) is 0 Å². The Labute approximate surface area is 393 Å². The molecule has 0 fully saturated rings. The van der Waals surface area contributed by atoms with Crippen LogP contribution < -0.4 is 0 Å². The Hall–Kier alpha value is -4.22. The van der Waals surface area contributed by atoms with Crippen LogP contribution in [-0.2, 0) is 23.8 Å². The Kier molecular flexibility index (Phi) is 49.6. The monoisotopic (exact) mass is 881 g/mol. The molecule has 0 aromatic heterocycles. The molecule has 0 aromatic rings. The van der Waals surface area contributed by atoms with Gasteiger partial charge >= 0.3 is 11.9 Å². The highest BCUT2D eigenvalue weighted by molar-refractivity contribution is 5.70. The van der Waals surface area contributed by atoms with Crippen molar-refractivity contribution in [2.75, 3.05) is 19.8 Å². The van der Waals surface area contributed by atoms with Gasteiger partial charge in [0.1, 0.15) is 6.61 Å². The maximum absolute atomic E-state index is 12.8.